The minimum absolute atomic E-state index is 0.269. The van der Waals surface area contributed by atoms with E-state index < -0.39 is 0 Å². The molecule has 0 aliphatic heterocycles. The highest BCUT2D eigenvalue weighted by Gasteiger charge is 2.13. The molecule has 0 amide bonds. The van der Waals surface area contributed by atoms with Gasteiger partial charge >= 0.3 is 0 Å². The van der Waals surface area contributed by atoms with Gasteiger partial charge in [-0.25, -0.2) is 0 Å². The van der Waals surface area contributed by atoms with Gasteiger partial charge in [0.05, 0.1) is 0 Å². The van der Waals surface area contributed by atoms with Crippen molar-refractivity contribution < 1.29 is 0 Å². The molecule has 0 atom stereocenters. The van der Waals surface area contributed by atoms with Crippen LogP contribution in [0.3, 0.4) is 0 Å². The van der Waals surface area contributed by atoms with Gasteiger partial charge in [0.2, 0.25) is 0 Å². The van der Waals surface area contributed by atoms with Crippen molar-refractivity contribution in [1.29, 1.82) is 0 Å². The Morgan fingerprint density at radius 1 is 1.23 bits per heavy atom. The van der Waals surface area contributed by atoms with E-state index in [4.69, 9.17) is 0 Å². The maximum absolute atomic E-state index is 2.32. The van der Waals surface area contributed by atoms with Crippen LogP contribution in [0.4, 0.5) is 0 Å². The van der Waals surface area contributed by atoms with E-state index in [1.165, 1.54) is 11.1 Å². The van der Waals surface area contributed by atoms with Gasteiger partial charge in [-0.05, 0) is 16.8 Å². The fourth-order valence-electron chi connectivity index (χ4n) is 1.36. The van der Waals surface area contributed by atoms with Crippen molar-refractivity contribution in [3.05, 3.63) is 35.4 Å². The third kappa shape index (κ3) is 2.62. The van der Waals surface area contributed by atoms with E-state index in [1.54, 1.807) is 0 Å². The van der Waals surface area contributed by atoms with Gasteiger partial charge in [-0.2, -0.15) is 0 Å². The molecule has 1 rings (SSSR count). The molecule has 0 aliphatic carbocycles. The fourth-order valence-corrected chi connectivity index (χ4v) is 1.36. The highest BCUT2D eigenvalue weighted by molar-refractivity contribution is 6.15. The molecule has 0 radical (unpaired) electrons. The lowest BCUT2D eigenvalue weighted by atomic mass is 9.67. The Balaban J connectivity index is 3.06. The van der Waals surface area contributed by atoms with Gasteiger partial charge in [0, 0.05) is 0 Å². The number of hydrogen-bond acceptors (Lipinski definition) is 0. The Hall–Kier alpha value is -0.715. The lowest BCUT2D eigenvalue weighted by molar-refractivity contribution is 0.756. The van der Waals surface area contributed by atoms with E-state index in [0.29, 0.717) is 5.92 Å². The molecule has 0 aliphatic rings. The van der Waals surface area contributed by atoms with Crippen LogP contribution in [0.15, 0.2) is 24.3 Å². The maximum Gasteiger partial charge on any atom is 0.114 e. The van der Waals surface area contributed by atoms with Crippen molar-refractivity contribution >= 4 is 7.85 Å². The SMILES string of the molecule is BC(C)(C)c1cccc(C(C)C)c1. The highest BCUT2D eigenvalue weighted by atomic mass is 14.1. The van der Waals surface area contributed by atoms with E-state index in [0.717, 1.165) is 0 Å². The Morgan fingerprint density at radius 2 is 1.85 bits per heavy atom. The van der Waals surface area contributed by atoms with Crippen molar-refractivity contribution in [2.45, 2.75) is 38.9 Å². The Labute approximate surface area is 82.8 Å². The van der Waals surface area contributed by atoms with Crippen molar-refractivity contribution in [3.63, 3.8) is 0 Å². The summed E-state index contributed by atoms with van der Waals surface area (Å²) in [5.74, 6) is 0.627. The predicted octanol–water partition coefficient (Wildman–Crippen LogP) is 2.68. The number of hydrogen-bond donors (Lipinski definition) is 0. The number of rotatable bonds is 2. The van der Waals surface area contributed by atoms with Crippen molar-refractivity contribution in [1.82, 2.24) is 0 Å². The minimum Gasteiger partial charge on any atom is -0.0632 e. The molecule has 1 aromatic rings. The molecule has 0 fully saturated rings. The molecule has 0 bridgehead atoms. The second-order valence-corrected chi connectivity index (χ2v) is 5.03. The minimum atomic E-state index is 0.269. The summed E-state index contributed by atoms with van der Waals surface area (Å²) in [6.45, 7) is 8.99. The van der Waals surface area contributed by atoms with Crippen LogP contribution in [0, 0.1) is 0 Å². The molecule has 0 nitrogen and oxygen atoms in total. The molecule has 13 heavy (non-hydrogen) atoms. The van der Waals surface area contributed by atoms with Crippen LogP contribution < -0.4 is 0 Å². The zero-order chi connectivity index (χ0) is 10.1. The lowest BCUT2D eigenvalue weighted by Gasteiger charge is -2.20. The van der Waals surface area contributed by atoms with Crippen LogP contribution in [0.5, 0.6) is 0 Å². The zero-order valence-corrected chi connectivity index (χ0v) is 9.39. The summed E-state index contributed by atoms with van der Waals surface area (Å²) < 4.78 is 0. The van der Waals surface area contributed by atoms with Gasteiger partial charge in [0.1, 0.15) is 7.85 Å². The zero-order valence-electron chi connectivity index (χ0n) is 9.39. The third-order valence-corrected chi connectivity index (χ3v) is 2.42. The van der Waals surface area contributed by atoms with E-state index in [1.807, 2.05) is 0 Å². The van der Waals surface area contributed by atoms with E-state index in [2.05, 4.69) is 59.8 Å². The standard InChI is InChI=1S/C12H19B/c1-9(2)10-6-5-7-11(8-10)12(3,4)13/h5-9H,13H2,1-4H3. The van der Waals surface area contributed by atoms with Crippen molar-refractivity contribution in [3.8, 4) is 0 Å². The van der Waals surface area contributed by atoms with E-state index in [-0.39, 0.29) is 5.31 Å². The maximum atomic E-state index is 2.32. The first-order chi connectivity index (χ1) is 5.91. The van der Waals surface area contributed by atoms with Gasteiger partial charge < -0.3 is 0 Å². The molecule has 70 valence electrons. The Bertz CT molecular complexity index is 281. The summed E-state index contributed by atoms with van der Waals surface area (Å²) >= 11 is 0. The van der Waals surface area contributed by atoms with Gasteiger partial charge in [-0.1, -0.05) is 57.5 Å². The van der Waals surface area contributed by atoms with Gasteiger partial charge in [0.25, 0.3) is 0 Å². The molecule has 0 N–H and O–H groups in total. The Morgan fingerprint density at radius 3 is 2.31 bits per heavy atom. The largest absolute Gasteiger partial charge is 0.114 e. The predicted molar refractivity (Wildman–Crippen MR) is 62.1 cm³/mol. The molecular weight excluding hydrogens is 155 g/mol. The summed E-state index contributed by atoms with van der Waals surface area (Å²) in [6.07, 6.45) is 0. The molecule has 0 saturated heterocycles. The molecule has 0 heterocycles. The molecule has 0 aromatic heterocycles. The van der Waals surface area contributed by atoms with Crippen molar-refractivity contribution in [2.24, 2.45) is 0 Å². The average molecular weight is 174 g/mol. The van der Waals surface area contributed by atoms with Crippen LogP contribution in [0.25, 0.3) is 0 Å². The van der Waals surface area contributed by atoms with Crippen LogP contribution in [0.2, 0.25) is 0 Å². The lowest BCUT2D eigenvalue weighted by Crippen LogP contribution is -2.16. The molecule has 0 saturated carbocycles. The van der Waals surface area contributed by atoms with Gasteiger partial charge in [-0.3, -0.25) is 0 Å². The Kier molecular flexibility index (Phi) is 2.85. The summed E-state index contributed by atoms with van der Waals surface area (Å²) in [4.78, 5) is 0. The third-order valence-electron chi connectivity index (χ3n) is 2.42. The summed E-state index contributed by atoms with van der Waals surface area (Å²) in [6, 6.07) is 8.91. The van der Waals surface area contributed by atoms with Gasteiger partial charge in [0.15, 0.2) is 0 Å². The topological polar surface area (TPSA) is 0 Å². The van der Waals surface area contributed by atoms with Crippen LogP contribution >= 0.6 is 0 Å². The van der Waals surface area contributed by atoms with Crippen LogP contribution in [-0.2, 0) is 5.31 Å². The van der Waals surface area contributed by atoms with E-state index in [9.17, 15) is 0 Å². The summed E-state index contributed by atoms with van der Waals surface area (Å²) in [7, 11) is 2.26. The second kappa shape index (κ2) is 3.57. The normalized spacial score (nSPS) is 12.1. The summed E-state index contributed by atoms with van der Waals surface area (Å²) in [5.41, 5.74) is 2.87. The smallest absolute Gasteiger partial charge is 0.0632 e. The first-order valence-electron chi connectivity index (χ1n) is 5.01. The quantitative estimate of drug-likeness (QED) is 0.604. The van der Waals surface area contributed by atoms with Crippen LogP contribution in [0.1, 0.15) is 44.7 Å². The van der Waals surface area contributed by atoms with E-state index >= 15 is 0 Å². The molecule has 0 unspecified atom stereocenters. The second-order valence-electron chi connectivity index (χ2n) is 5.03. The van der Waals surface area contributed by atoms with Gasteiger partial charge in [-0.15, -0.1) is 0 Å². The molecular formula is C12H19B. The molecule has 0 spiro atoms. The first kappa shape index (κ1) is 10.4. The summed E-state index contributed by atoms with van der Waals surface area (Å²) in [5, 5.41) is 0.269. The van der Waals surface area contributed by atoms with Crippen LogP contribution in [-0.4, -0.2) is 7.85 Å². The fraction of sp³-hybridized carbons (Fsp3) is 0.500. The average Bonchev–Trinajstić information content (AvgIpc) is 2.03. The van der Waals surface area contributed by atoms with Crippen molar-refractivity contribution in [2.75, 3.05) is 0 Å². The monoisotopic (exact) mass is 174 g/mol. The molecule has 1 heteroatoms. The molecule has 1 aromatic carbocycles. The highest BCUT2D eigenvalue weighted by Crippen LogP contribution is 2.23. The number of benzene rings is 1. The first-order valence-corrected chi connectivity index (χ1v) is 5.01.